The zero-order chi connectivity index (χ0) is 11.6. The summed E-state index contributed by atoms with van der Waals surface area (Å²) in [6.07, 6.45) is -1.11. The van der Waals surface area contributed by atoms with E-state index in [0.717, 1.165) is 0 Å². The van der Waals surface area contributed by atoms with Crippen LogP contribution >= 0.6 is 34.8 Å². The van der Waals surface area contributed by atoms with E-state index >= 15 is 0 Å². The minimum atomic E-state index is -1.34. The van der Waals surface area contributed by atoms with Crippen LogP contribution in [-0.4, -0.2) is 12.1 Å². The Morgan fingerprint density at radius 3 is 2.25 bits per heavy atom. The van der Waals surface area contributed by atoms with Crippen molar-refractivity contribution in [3.63, 3.8) is 0 Å². The van der Waals surface area contributed by atoms with Gasteiger partial charge >= 0.3 is 51.4 Å². The number of carboxylic acids is 1. The van der Waals surface area contributed by atoms with Crippen molar-refractivity contribution in [1.29, 1.82) is 0 Å². The van der Waals surface area contributed by atoms with E-state index in [1.807, 2.05) is 0 Å². The minimum absolute atomic E-state index is 0. The molecule has 16 heavy (non-hydrogen) atoms. The van der Waals surface area contributed by atoms with E-state index in [-0.39, 0.29) is 72.2 Å². The first-order chi connectivity index (χ1) is 6.91. The third-order valence-corrected chi connectivity index (χ3v) is 2.63. The summed E-state index contributed by atoms with van der Waals surface area (Å²) in [4.78, 5) is 10.4. The molecule has 0 saturated heterocycles. The topological polar surface area (TPSA) is 49.4 Å². The fourth-order valence-corrected chi connectivity index (χ4v) is 1.41. The normalized spacial score (nSPS) is 11.5. The molecular formula is C9H6Cl3KO3. The maximum absolute atomic E-state index is 10.4. The van der Waals surface area contributed by atoms with E-state index in [9.17, 15) is 9.90 Å². The molecule has 1 atom stereocenters. The van der Waals surface area contributed by atoms with Crippen molar-refractivity contribution in [3.05, 3.63) is 27.2 Å². The van der Waals surface area contributed by atoms with Crippen LogP contribution in [0.3, 0.4) is 0 Å². The minimum Gasteiger partial charge on any atom is -0.546 e. The molecule has 82 valence electrons. The van der Waals surface area contributed by atoms with Gasteiger partial charge in [-0.1, -0.05) is 34.8 Å². The van der Waals surface area contributed by atoms with Crippen LogP contribution in [0.4, 0.5) is 0 Å². The Hall–Kier alpha value is 0.996. The molecule has 0 saturated carbocycles. The average Bonchev–Trinajstić information content (AvgIpc) is 2.13. The number of carbonyl (C=O) groups is 1. The van der Waals surface area contributed by atoms with Gasteiger partial charge < -0.3 is 14.6 Å². The van der Waals surface area contributed by atoms with Crippen molar-refractivity contribution >= 4 is 40.8 Å². The van der Waals surface area contributed by atoms with Crippen molar-refractivity contribution in [1.82, 2.24) is 0 Å². The summed E-state index contributed by atoms with van der Waals surface area (Å²) >= 11 is 17.2. The second-order valence-electron chi connectivity index (χ2n) is 2.78. The fourth-order valence-electron chi connectivity index (χ4n) is 0.833. The van der Waals surface area contributed by atoms with Crippen LogP contribution in [0.25, 0.3) is 0 Å². The van der Waals surface area contributed by atoms with Gasteiger partial charge in [-0.3, -0.25) is 0 Å². The molecule has 0 fully saturated rings. The Balaban J connectivity index is 0.00000225. The molecule has 1 aromatic carbocycles. The molecule has 7 heteroatoms. The van der Waals surface area contributed by atoms with Crippen molar-refractivity contribution in [2.45, 2.75) is 13.0 Å². The number of hydrogen-bond acceptors (Lipinski definition) is 3. The standard InChI is InChI=1S/C9H7Cl3O3.K/c1-4(9(13)14)15-8-3-6(11)5(10)2-7(8)12;/h2-4H,1H3,(H,13,14);/q;+1/p-1. The summed E-state index contributed by atoms with van der Waals surface area (Å²) in [5.74, 6) is -1.18. The van der Waals surface area contributed by atoms with Gasteiger partial charge in [-0.2, -0.15) is 0 Å². The van der Waals surface area contributed by atoms with Crippen LogP contribution in [0.15, 0.2) is 12.1 Å². The van der Waals surface area contributed by atoms with Gasteiger partial charge in [0, 0.05) is 6.07 Å². The van der Waals surface area contributed by atoms with Crippen molar-refractivity contribution in [3.8, 4) is 5.75 Å². The predicted octanol–water partition coefficient (Wildman–Crippen LogP) is -0.832. The number of rotatable bonds is 3. The molecule has 0 bridgehead atoms. The molecule has 0 radical (unpaired) electrons. The molecule has 0 aromatic heterocycles. The Bertz CT molecular complexity index is 398. The summed E-state index contributed by atoms with van der Waals surface area (Å²) in [6, 6.07) is 2.73. The van der Waals surface area contributed by atoms with Crippen LogP contribution in [0.2, 0.25) is 15.1 Å². The summed E-state index contributed by atoms with van der Waals surface area (Å²) in [6.45, 7) is 1.33. The van der Waals surface area contributed by atoms with Gasteiger partial charge in [0.25, 0.3) is 0 Å². The Labute approximate surface area is 150 Å². The van der Waals surface area contributed by atoms with Crippen molar-refractivity contribution in [2.24, 2.45) is 0 Å². The van der Waals surface area contributed by atoms with E-state index in [1.165, 1.54) is 19.1 Å². The van der Waals surface area contributed by atoms with Crippen LogP contribution in [0, 0.1) is 0 Å². The number of benzene rings is 1. The first-order valence-electron chi connectivity index (χ1n) is 3.94. The van der Waals surface area contributed by atoms with Gasteiger partial charge in [0.05, 0.1) is 21.0 Å². The molecular weight excluding hydrogens is 302 g/mol. The zero-order valence-corrected chi connectivity index (χ0v) is 14.0. The van der Waals surface area contributed by atoms with Crippen molar-refractivity contribution < 1.29 is 66.0 Å². The second kappa shape index (κ2) is 7.44. The molecule has 0 N–H and O–H groups in total. The summed E-state index contributed by atoms with van der Waals surface area (Å²) in [7, 11) is 0. The molecule has 1 unspecified atom stereocenters. The molecule has 0 aliphatic heterocycles. The summed E-state index contributed by atoms with van der Waals surface area (Å²) in [5, 5.41) is 11.1. The number of aliphatic carboxylic acids is 1. The first kappa shape index (κ1) is 17.0. The number of carboxylic acid groups (broad SMARTS) is 1. The van der Waals surface area contributed by atoms with Crippen molar-refractivity contribution in [2.75, 3.05) is 0 Å². The van der Waals surface area contributed by atoms with Gasteiger partial charge in [0.1, 0.15) is 11.9 Å². The number of hydrogen-bond donors (Lipinski definition) is 0. The molecule has 1 rings (SSSR count). The molecule has 0 aliphatic carbocycles. The van der Waals surface area contributed by atoms with Crippen LogP contribution in [0.1, 0.15) is 6.92 Å². The van der Waals surface area contributed by atoms with Crippen LogP contribution in [0.5, 0.6) is 5.75 Å². The number of carbonyl (C=O) groups excluding carboxylic acids is 1. The van der Waals surface area contributed by atoms with E-state index < -0.39 is 12.1 Å². The Morgan fingerprint density at radius 2 is 1.75 bits per heavy atom. The maximum atomic E-state index is 10.4. The molecule has 0 amide bonds. The van der Waals surface area contributed by atoms with E-state index in [0.29, 0.717) is 0 Å². The third-order valence-electron chi connectivity index (χ3n) is 1.61. The van der Waals surface area contributed by atoms with E-state index in [1.54, 1.807) is 0 Å². The SMILES string of the molecule is CC(Oc1cc(Cl)c(Cl)cc1Cl)C(=O)[O-].[K+]. The second-order valence-corrected chi connectivity index (χ2v) is 4.00. The van der Waals surface area contributed by atoms with Gasteiger partial charge in [-0.25, -0.2) is 0 Å². The Morgan fingerprint density at radius 1 is 1.25 bits per heavy atom. The monoisotopic (exact) mass is 306 g/mol. The number of ether oxygens (including phenoxy) is 1. The quantitative estimate of drug-likeness (QED) is 0.541. The molecule has 3 nitrogen and oxygen atoms in total. The van der Waals surface area contributed by atoms with E-state index in [2.05, 4.69) is 0 Å². The van der Waals surface area contributed by atoms with Gasteiger partial charge in [-0.15, -0.1) is 0 Å². The average molecular weight is 308 g/mol. The molecule has 1 aromatic rings. The molecule has 0 aliphatic rings. The van der Waals surface area contributed by atoms with Gasteiger partial charge in [0.2, 0.25) is 0 Å². The molecule has 0 heterocycles. The largest absolute Gasteiger partial charge is 1.00 e. The maximum Gasteiger partial charge on any atom is 1.00 e. The zero-order valence-electron chi connectivity index (χ0n) is 8.59. The van der Waals surface area contributed by atoms with Gasteiger partial charge in [0.15, 0.2) is 0 Å². The van der Waals surface area contributed by atoms with Crippen LogP contribution in [-0.2, 0) is 4.79 Å². The van der Waals surface area contributed by atoms with Crippen LogP contribution < -0.4 is 61.2 Å². The summed E-state index contributed by atoms with van der Waals surface area (Å²) in [5.41, 5.74) is 0. The predicted molar refractivity (Wildman–Crippen MR) is 56.6 cm³/mol. The fraction of sp³-hybridized carbons (Fsp3) is 0.222. The summed E-state index contributed by atoms with van der Waals surface area (Å²) < 4.78 is 5.01. The first-order valence-corrected chi connectivity index (χ1v) is 5.07. The molecule has 0 spiro atoms. The number of halogens is 3. The smallest absolute Gasteiger partial charge is 0.546 e. The van der Waals surface area contributed by atoms with Gasteiger partial charge in [-0.05, 0) is 13.0 Å². The third kappa shape index (κ3) is 4.70. The van der Waals surface area contributed by atoms with E-state index in [4.69, 9.17) is 39.5 Å². The Kier molecular flexibility index (Phi) is 7.90.